The van der Waals surface area contributed by atoms with E-state index in [9.17, 15) is 0 Å². The van der Waals surface area contributed by atoms with Crippen molar-refractivity contribution < 1.29 is 4.74 Å². The molecule has 0 unspecified atom stereocenters. The lowest BCUT2D eigenvalue weighted by molar-refractivity contribution is 0.451. The van der Waals surface area contributed by atoms with Gasteiger partial charge in [0.1, 0.15) is 11.6 Å². The molecule has 6 heteroatoms. The van der Waals surface area contributed by atoms with Gasteiger partial charge in [0.05, 0.1) is 18.0 Å². The molecule has 0 atom stereocenters. The Bertz CT molecular complexity index is 591. The van der Waals surface area contributed by atoms with E-state index in [2.05, 4.69) is 34.2 Å². The summed E-state index contributed by atoms with van der Waals surface area (Å²) in [5.41, 5.74) is 0.891. The van der Waals surface area contributed by atoms with Gasteiger partial charge in [-0.05, 0) is 20.8 Å². The van der Waals surface area contributed by atoms with Crippen molar-refractivity contribution >= 4 is 5.82 Å². The minimum Gasteiger partial charge on any atom is -0.435 e. The number of rotatable bonds is 5. The van der Waals surface area contributed by atoms with Crippen LogP contribution in [0.3, 0.4) is 0 Å². The number of anilines is 1. The summed E-state index contributed by atoms with van der Waals surface area (Å²) in [4.78, 5) is 8.86. The Hall–Kier alpha value is -2.11. The van der Waals surface area contributed by atoms with Crippen molar-refractivity contribution in [3.63, 3.8) is 0 Å². The van der Waals surface area contributed by atoms with E-state index >= 15 is 0 Å². The maximum atomic E-state index is 5.85. The van der Waals surface area contributed by atoms with E-state index in [4.69, 9.17) is 4.74 Å². The van der Waals surface area contributed by atoms with Gasteiger partial charge < -0.3 is 10.1 Å². The molecule has 20 heavy (non-hydrogen) atoms. The Morgan fingerprint density at radius 3 is 2.65 bits per heavy atom. The van der Waals surface area contributed by atoms with Crippen molar-refractivity contribution in [1.82, 2.24) is 19.7 Å². The van der Waals surface area contributed by atoms with Gasteiger partial charge in [-0.1, -0.05) is 6.92 Å². The van der Waals surface area contributed by atoms with E-state index in [1.165, 1.54) is 0 Å². The van der Waals surface area contributed by atoms with Crippen LogP contribution >= 0.6 is 0 Å². The number of ether oxygens (including phenoxy) is 1. The number of aromatic nitrogens is 4. The highest BCUT2D eigenvalue weighted by Gasteiger charge is 2.12. The molecular formula is C14H21N5O. The van der Waals surface area contributed by atoms with Crippen LogP contribution in [0.2, 0.25) is 0 Å². The van der Waals surface area contributed by atoms with Crippen molar-refractivity contribution in [3.8, 4) is 11.6 Å². The molecule has 0 aromatic carbocycles. The molecule has 0 saturated heterocycles. The van der Waals surface area contributed by atoms with E-state index in [1.807, 2.05) is 31.8 Å². The van der Waals surface area contributed by atoms with Gasteiger partial charge in [0.15, 0.2) is 5.75 Å². The summed E-state index contributed by atoms with van der Waals surface area (Å²) in [6, 6.07) is 0.304. The summed E-state index contributed by atoms with van der Waals surface area (Å²) in [7, 11) is 1.84. The molecule has 2 heterocycles. The van der Waals surface area contributed by atoms with Crippen molar-refractivity contribution in [1.29, 1.82) is 0 Å². The van der Waals surface area contributed by atoms with Gasteiger partial charge in [0, 0.05) is 19.5 Å². The summed E-state index contributed by atoms with van der Waals surface area (Å²) in [5.74, 6) is 2.81. The first-order valence-electron chi connectivity index (χ1n) is 6.82. The first kappa shape index (κ1) is 14.3. The Kier molecular flexibility index (Phi) is 4.22. The molecule has 1 N–H and O–H groups in total. The molecule has 6 nitrogen and oxygen atoms in total. The standard InChI is InChI=1S/C14H21N5O/c1-6-12-17-13(15-5)10(4)14(18-12)20-11-7-16-19(8-11)9(2)3/h7-9H,6H2,1-5H3,(H,15,17,18). The molecule has 2 aromatic heterocycles. The van der Waals surface area contributed by atoms with E-state index in [-0.39, 0.29) is 0 Å². The van der Waals surface area contributed by atoms with Gasteiger partial charge in [-0.25, -0.2) is 4.98 Å². The second-order valence-corrected chi connectivity index (χ2v) is 4.87. The predicted molar refractivity (Wildman–Crippen MR) is 78.4 cm³/mol. The van der Waals surface area contributed by atoms with E-state index in [0.29, 0.717) is 17.7 Å². The van der Waals surface area contributed by atoms with Crippen LogP contribution in [0, 0.1) is 6.92 Å². The van der Waals surface area contributed by atoms with Crippen LogP contribution in [0.1, 0.15) is 38.2 Å². The fourth-order valence-electron chi connectivity index (χ4n) is 1.81. The van der Waals surface area contributed by atoms with Crippen molar-refractivity contribution in [2.75, 3.05) is 12.4 Å². The predicted octanol–water partition coefficient (Wildman–Crippen LogP) is 2.96. The normalized spacial score (nSPS) is 10.9. The summed E-state index contributed by atoms with van der Waals surface area (Å²) < 4.78 is 7.70. The maximum Gasteiger partial charge on any atom is 0.227 e. The number of aryl methyl sites for hydroxylation is 1. The Labute approximate surface area is 119 Å². The number of hydrogen-bond donors (Lipinski definition) is 1. The molecule has 0 spiro atoms. The zero-order chi connectivity index (χ0) is 14.7. The van der Waals surface area contributed by atoms with Gasteiger partial charge in [-0.2, -0.15) is 10.1 Å². The Morgan fingerprint density at radius 2 is 2.10 bits per heavy atom. The third kappa shape index (κ3) is 2.89. The largest absolute Gasteiger partial charge is 0.435 e. The molecule has 0 amide bonds. The first-order valence-corrected chi connectivity index (χ1v) is 6.82. The van der Waals surface area contributed by atoms with Crippen LogP contribution in [-0.4, -0.2) is 26.8 Å². The average Bonchev–Trinajstić information content (AvgIpc) is 2.90. The summed E-state index contributed by atoms with van der Waals surface area (Å²) in [5, 5.41) is 7.33. The van der Waals surface area contributed by atoms with Crippen molar-refractivity contribution in [2.45, 2.75) is 40.2 Å². The topological polar surface area (TPSA) is 64.9 Å². The van der Waals surface area contributed by atoms with Crippen molar-refractivity contribution in [2.24, 2.45) is 0 Å². The molecule has 0 aliphatic heterocycles. The Balaban J connectivity index is 2.31. The molecule has 0 aliphatic carbocycles. The van der Waals surface area contributed by atoms with Crippen LogP contribution in [0.25, 0.3) is 0 Å². The molecule has 0 aliphatic rings. The van der Waals surface area contributed by atoms with E-state index in [1.54, 1.807) is 6.20 Å². The van der Waals surface area contributed by atoms with Crippen LogP contribution < -0.4 is 10.1 Å². The quantitative estimate of drug-likeness (QED) is 0.908. The van der Waals surface area contributed by atoms with Gasteiger partial charge in [0.2, 0.25) is 5.88 Å². The third-order valence-corrected chi connectivity index (χ3v) is 3.02. The first-order chi connectivity index (χ1) is 9.55. The monoisotopic (exact) mass is 275 g/mol. The minimum absolute atomic E-state index is 0.304. The Morgan fingerprint density at radius 1 is 1.35 bits per heavy atom. The molecule has 2 rings (SSSR count). The van der Waals surface area contributed by atoms with E-state index in [0.717, 1.165) is 23.6 Å². The molecule has 0 saturated carbocycles. The average molecular weight is 275 g/mol. The highest BCUT2D eigenvalue weighted by Crippen LogP contribution is 2.27. The SMILES string of the molecule is CCc1nc(NC)c(C)c(Oc2cnn(C(C)C)c2)n1. The number of nitrogens with zero attached hydrogens (tertiary/aromatic N) is 4. The van der Waals surface area contributed by atoms with Crippen LogP contribution in [0.15, 0.2) is 12.4 Å². The lowest BCUT2D eigenvalue weighted by Crippen LogP contribution is -2.04. The molecule has 0 fully saturated rings. The summed E-state index contributed by atoms with van der Waals surface area (Å²) >= 11 is 0. The highest BCUT2D eigenvalue weighted by atomic mass is 16.5. The third-order valence-electron chi connectivity index (χ3n) is 3.02. The minimum atomic E-state index is 0.304. The van der Waals surface area contributed by atoms with Crippen LogP contribution in [-0.2, 0) is 6.42 Å². The highest BCUT2D eigenvalue weighted by molar-refractivity contribution is 5.49. The fraction of sp³-hybridized carbons (Fsp3) is 0.500. The number of hydrogen-bond acceptors (Lipinski definition) is 5. The van der Waals surface area contributed by atoms with Gasteiger partial charge in [-0.15, -0.1) is 0 Å². The molecule has 2 aromatic rings. The summed E-state index contributed by atoms with van der Waals surface area (Å²) in [6.07, 6.45) is 4.33. The van der Waals surface area contributed by atoms with Gasteiger partial charge >= 0.3 is 0 Å². The molecule has 0 radical (unpaired) electrons. The zero-order valence-electron chi connectivity index (χ0n) is 12.6. The fourth-order valence-corrected chi connectivity index (χ4v) is 1.81. The maximum absolute atomic E-state index is 5.85. The molecule has 108 valence electrons. The number of nitrogens with one attached hydrogen (secondary N) is 1. The second kappa shape index (κ2) is 5.90. The lowest BCUT2D eigenvalue weighted by atomic mass is 10.3. The smallest absolute Gasteiger partial charge is 0.227 e. The summed E-state index contributed by atoms with van der Waals surface area (Å²) in [6.45, 7) is 8.10. The van der Waals surface area contributed by atoms with Crippen LogP contribution in [0.4, 0.5) is 5.82 Å². The van der Waals surface area contributed by atoms with Crippen LogP contribution in [0.5, 0.6) is 11.6 Å². The van der Waals surface area contributed by atoms with E-state index < -0.39 is 0 Å². The second-order valence-electron chi connectivity index (χ2n) is 4.87. The molecular weight excluding hydrogens is 254 g/mol. The molecule has 0 bridgehead atoms. The van der Waals surface area contributed by atoms with Crippen molar-refractivity contribution in [3.05, 3.63) is 23.8 Å². The zero-order valence-corrected chi connectivity index (χ0v) is 12.6. The van der Waals surface area contributed by atoms with Gasteiger partial charge in [0.25, 0.3) is 0 Å². The lowest BCUT2D eigenvalue weighted by Gasteiger charge is -2.11. The van der Waals surface area contributed by atoms with Gasteiger partial charge in [-0.3, -0.25) is 4.68 Å².